The fourth-order valence-corrected chi connectivity index (χ4v) is 3.77. The number of hydrogen-bond donors (Lipinski definition) is 1. The Bertz CT molecular complexity index is 922. The molecule has 1 saturated heterocycles. The number of hydrogen-bond acceptors (Lipinski definition) is 5. The Balaban J connectivity index is 1.86. The zero-order chi connectivity index (χ0) is 18.6. The monoisotopic (exact) mass is 363 g/mol. The van der Waals surface area contributed by atoms with E-state index in [4.69, 9.17) is 14.5 Å². The van der Waals surface area contributed by atoms with E-state index >= 15 is 0 Å². The Kier molecular flexibility index (Phi) is 5.23. The van der Waals surface area contributed by atoms with E-state index in [1.165, 1.54) is 0 Å². The van der Waals surface area contributed by atoms with E-state index in [1.807, 2.05) is 24.3 Å². The van der Waals surface area contributed by atoms with Gasteiger partial charge in [0.05, 0.1) is 31.5 Å². The summed E-state index contributed by atoms with van der Waals surface area (Å²) in [6.07, 6.45) is 0. The van der Waals surface area contributed by atoms with Crippen molar-refractivity contribution in [3.63, 3.8) is 0 Å². The molecule has 1 atom stereocenters. The van der Waals surface area contributed by atoms with Crippen LogP contribution in [0.3, 0.4) is 0 Å². The quantitative estimate of drug-likeness (QED) is 0.754. The van der Waals surface area contributed by atoms with Crippen molar-refractivity contribution in [3.05, 3.63) is 65.9 Å². The normalized spacial score (nSPS) is 16.2. The first-order valence-electron chi connectivity index (χ1n) is 9.32. The van der Waals surface area contributed by atoms with Crippen LogP contribution in [0.5, 0.6) is 11.5 Å². The molecule has 0 aliphatic carbocycles. The molecule has 0 saturated carbocycles. The Morgan fingerprint density at radius 3 is 2.56 bits per heavy atom. The van der Waals surface area contributed by atoms with Gasteiger partial charge in [-0.3, -0.25) is 9.88 Å². The van der Waals surface area contributed by atoms with Crippen molar-refractivity contribution >= 4 is 10.9 Å². The first kappa shape index (κ1) is 17.8. The fraction of sp³-hybridized carbons (Fsp3) is 0.318. The third kappa shape index (κ3) is 3.61. The van der Waals surface area contributed by atoms with Crippen LogP contribution in [0.25, 0.3) is 10.9 Å². The second kappa shape index (κ2) is 7.94. The van der Waals surface area contributed by atoms with E-state index in [0.29, 0.717) is 0 Å². The number of nitrogens with zero attached hydrogens (tertiary/aromatic N) is 2. The topological polar surface area (TPSA) is 46.6 Å². The minimum Gasteiger partial charge on any atom is -0.497 e. The maximum absolute atomic E-state index is 5.70. The standard InChI is InChI=1S/C22H25N3O2/c1-26-17-8-10-21(27-2)18(15-17)22(25-13-11-23-12-14-25)20-9-7-16-5-3-4-6-19(16)24-20/h3-10,15,22-23H,11-14H2,1-2H3. The molecule has 0 radical (unpaired) electrons. The van der Waals surface area contributed by atoms with Gasteiger partial charge in [0.1, 0.15) is 11.5 Å². The summed E-state index contributed by atoms with van der Waals surface area (Å²) >= 11 is 0. The molecule has 2 aromatic carbocycles. The molecule has 3 aromatic rings. The average Bonchev–Trinajstić information content (AvgIpc) is 2.74. The maximum atomic E-state index is 5.70. The molecule has 1 unspecified atom stereocenters. The largest absolute Gasteiger partial charge is 0.497 e. The summed E-state index contributed by atoms with van der Waals surface area (Å²) in [5.41, 5.74) is 3.13. The maximum Gasteiger partial charge on any atom is 0.124 e. The summed E-state index contributed by atoms with van der Waals surface area (Å²) in [7, 11) is 3.41. The van der Waals surface area contributed by atoms with Gasteiger partial charge in [0.15, 0.2) is 0 Å². The zero-order valence-electron chi connectivity index (χ0n) is 15.8. The predicted molar refractivity (Wildman–Crippen MR) is 108 cm³/mol. The number of para-hydroxylation sites is 1. The Labute approximate surface area is 159 Å². The second-order valence-corrected chi connectivity index (χ2v) is 6.73. The van der Waals surface area contributed by atoms with Gasteiger partial charge >= 0.3 is 0 Å². The summed E-state index contributed by atoms with van der Waals surface area (Å²) in [5, 5.41) is 4.59. The lowest BCUT2D eigenvalue weighted by molar-refractivity contribution is 0.192. The molecule has 0 bridgehead atoms. The van der Waals surface area contributed by atoms with Gasteiger partial charge in [0.25, 0.3) is 0 Å². The minimum atomic E-state index is 0.0155. The highest BCUT2D eigenvalue weighted by Gasteiger charge is 2.28. The molecule has 4 rings (SSSR count). The van der Waals surface area contributed by atoms with Gasteiger partial charge in [0.2, 0.25) is 0 Å². The molecule has 5 nitrogen and oxygen atoms in total. The highest BCUT2D eigenvalue weighted by Crippen LogP contribution is 2.37. The van der Waals surface area contributed by atoms with Crippen LogP contribution in [0.2, 0.25) is 0 Å². The van der Waals surface area contributed by atoms with Crippen molar-refractivity contribution in [2.24, 2.45) is 0 Å². The number of rotatable bonds is 5. The first-order valence-corrected chi connectivity index (χ1v) is 9.32. The third-order valence-corrected chi connectivity index (χ3v) is 5.15. The van der Waals surface area contributed by atoms with Crippen LogP contribution in [0.15, 0.2) is 54.6 Å². The van der Waals surface area contributed by atoms with Gasteiger partial charge in [-0.25, -0.2) is 0 Å². The number of nitrogens with one attached hydrogen (secondary N) is 1. The zero-order valence-corrected chi connectivity index (χ0v) is 15.8. The van der Waals surface area contributed by atoms with Crippen molar-refractivity contribution in [2.75, 3.05) is 40.4 Å². The van der Waals surface area contributed by atoms with Gasteiger partial charge in [-0.15, -0.1) is 0 Å². The number of benzene rings is 2. The van der Waals surface area contributed by atoms with E-state index in [2.05, 4.69) is 40.5 Å². The van der Waals surface area contributed by atoms with E-state index in [0.717, 1.165) is 59.8 Å². The number of fused-ring (bicyclic) bond motifs is 1. The van der Waals surface area contributed by atoms with Crippen LogP contribution in [0.4, 0.5) is 0 Å². The molecular weight excluding hydrogens is 338 g/mol. The van der Waals surface area contributed by atoms with Gasteiger partial charge in [-0.1, -0.05) is 24.3 Å². The second-order valence-electron chi connectivity index (χ2n) is 6.73. The van der Waals surface area contributed by atoms with E-state index in [9.17, 15) is 0 Å². The molecule has 1 N–H and O–H groups in total. The number of methoxy groups -OCH3 is 2. The van der Waals surface area contributed by atoms with Crippen molar-refractivity contribution in [1.82, 2.24) is 15.2 Å². The van der Waals surface area contributed by atoms with Crippen LogP contribution in [-0.2, 0) is 0 Å². The van der Waals surface area contributed by atoms with E-state index in [1.54, 1.807) is 14.2 Å². The summed E-state index contributed by atoms with van der Waals surface area (Å²) < 4.78 is 11.2. The first-order chi connectivity index (χ1) is 13.3. The summed E-state index contributed by atoms with van der Waals surface area (Å²) in [6, 6.07) is 18.5. The molecule has 5 heteroatoms. The third-order valence-electron chi connectivity index (χ3n) is 5.15. The van der Waals surface area contributed by atoms with Crippen molar-refractivity contribution in [1.29, 1.82) is 0 Å². The lowest BCUT2D eigenvalue weighted by Crippen LogP contribution is -2.45. The number of piperazine rings is 1. The Hall–Kier alpha value is -2.63. The van der Waals surface area contributed by atoms with Gasteiger partial charge < -0.3 is 14.8 Å². The van der Waals surface area contributed by atoms with E-state index in [-0.39, 0.29) is 6.04 Å². The van der Waals surface area contributed by atoms with Crippen LogP contribution in [0.1, 0.15) is 17.3 Å². The van der Waals surface area contributed by atoms with Crippen LogP contribution < -0.4 is 14.8 Å². The highest BCUT2D eigenvalue weighted by molar-refractivity contribution is 5.78. The summed E-state index contributed by atoms with van der Waals surface area (Å²) in [4.78, 5) is 7.46. The van der Waals surface area contributed by atoms with Crippen LogP contribution >= 0.6 is 0 Å². The predicted octanol–water partition coefficient (Wildman–Crippen LogP) is 3.25. The van der Waals surface area contributed by atoms with Gasteiger partial charge in [0, 0.05) is 37.1 Å². The molecule has 1 fully saturated rings. The van der Waals surface area contributed by atoms with Crippen LogP contribution in [-0.4, -0.2) is 50.3 Å². The minimum absolute atomic E-state index is 0.0155. The molecule has 140 valence electrons. The van der Waals surface area contributed by atoms with Crippen molar-refractivity contribution < 1.29 is 9.47 Å². The Morgan fingerprint density at radius 2 is 1.78 bits per heavy atom. The number of ether oxygens (including phenoxy) is 2. The number of aromatic nitrogens is 1. The van der Waals surface area contributed by atoms with Gasteiger partial charge in [-0.05, 0) is 30.3 Å². The smallest absolute Gasteiger partial charge is 0.124 e. The fourth-order valence-electron chi connectivity index (χ4n) is 3.77. The SMILES string of the molecule is COc1ccc(OC)c(C(c2ccc3ccccc3n2)N2CCNCC2)c1. The molecule has 27 heavy (non-hydrogen) atoms. The lowest BCUT2D eigenvalue weighted by Gasteiger charge is -2.35. The molecule has 0 amide bonds. The van der Waals surface area contributed by atoms with Crippen molar-refractivity contribution in [3.8, 4) is 11.5 Å². The molecular formula is C22H25N3O2. The molecule has 1 aliphatic rings. The Morgan fingerprint density at radius 1 is 0.963 bits per heavy atom. The molecule has 2 heterocycles. The lowest BCUT2D eigenvalue weighted by atomic mass is 9.98. The average molecular weight is 363 g/mol. The number of pyridine rings is 1. The highest BCUT2D eigenvalue weighted by atomic mass is 16.5. The summed E-state index contributed by atoms with van der Waals surface area (Å²) in [6.45, 7) is 3.85. The molecule has 0 spiro atoms. The molecule has 1 aliphatic heterocycles. The summed E-state index contributed by atoms with van der Waals surface area (Å²) in [5.74, 6) is 1.68. The van der Waals surface area contributed by atoms with E-state index < -0.39 is 0 Å². The van der Waals surface area contributed by atoms with Crippen LogP contribution in [0, 0.1) is 0 Å². The van der Waals surface area contributed by atoms with Crippen molar-refractivity contribution in [2.45, 2.75) is 6.04 Å². The van der Waals surface area contributed by atoms with Gasteiger partial charge in [-0.2, -0.15) is 0 Å². The molecule has 1 aromatic heterocycles.